The molecule has 2 N–H and O–H groups in total. The number of carbonyl (C=O) groups is 2. The number of benzene rings is 1. The Morgan fingerprint density at radius 3 is 2.88 bits per heavy atom. The van der Waals surface area contributed by atoms with E-state index in [0.29, 0.717) is 28.8 Å². The van der Waals surface area contributed by atoms with Crippen molar-refractivity contribution in [1.29, 1.82) is 0 Å². The van der Waals surface area contributed by atoms with E-state index in [1.54, 1.807) is 35.2 Å². The van der Waals surface area contributed by atoms with Gasteiger partial charge in [-0.15, -0.1) is 16.8 Å². The molecule has 0 aliphatic rings. The lowest BCUT2D eigenvalue weighted by Gasteiger charge is -2.12. The molecule has 0 radical (unpaired) electrons. The number of rotatable bonds is 8. The Hall–Kier alpha value is -2.81. The van der Waals surface area contributed by atoms with Crippen molar-refractivity contribution in [2.45, 2.75) is 18.6 Å². The maximum Gasteiger partial charge on any atom is 0.234 e. The van der Waals surface area contributed by atoms with E-state index in [-0.39, 0.29) is 17.6 Å². The molecule has 2 amide bonds. The van der Waals surface area contributed by atoms with E-state index >= 15 is 0 Å². The Kier molecular flexibility index (Phi) is 6.58. The molecule has 0 aliphatic carbocycles. The number of aromatic nitrogens is 3. The maximum atomic E-state index is 12.2. The maximum absolute atomic E-state index is 12.2. The smallest absolute Gasteiger partial charge is 0.234 e. The van der Waals surface area contributed by atoms with Crippen molar-refractivity contribution in [3.8, 4) is 5.75 Å². The molecule has 1 aromatic heterocycles. The molecule has 0 atom stereocenters. The number of nitrogens with one attached hydrogen (secondary N) is 2. The zero-order valence-electron chi connectivity index (χ0n) is 14.0. The molecule has 0 fully saturated rings. The molecule has 0 unspecified atom stereocenters. The van der Waals surface area contributed by atoms with Gasteiger partial charge in [-0.2, -0.15) is 0 Å². The van der Waals surface area contributed by atoms with Crippen LogP contribution in [0.4, 0.5) is 11.4 Å². The molecule has 25 heavy (non-hydrogen) atoms. The van der Waals surface area contributed by atoms with Gasteiger partial charge in [0.2, 0.25) is 11.8 Å². The van der Waals surface area contributed by atoms with Crippen molar-refractivity contribution < 1.29 is 14.3 Å². The zero-order valence-corrected chi connectivity index (χ0v) is 14.8. The second-order valence-corrected chi connectivity index (χ2v) is 5.93. The van der Waals surface area contributed by atoms with Gasteiger partial charge in [0.15, 0.2) is 5.16 Å². The monoisotopic (exact) mass is 361 g/mol. The Morgan fingerprint density at radius 2 is 2.20 bits per heavy atom. The molecule has 8 nitrogen and oxygen atoms in total. The van der Waals surface area contributed by atoms with E-state index in [2.05, 4.69) is 27.4 Å². The molecule has 0 spiro atoms. The number of anilines is 2. The first kappa shape index (κ1) is 18.5. The van der Waals surface area contributed by atoms with Crippen LogP contribution in [0.15, 0.2) is 42.3 Å². The first-order chi connectivity index (χ1) is 12.0. The van der Waals surface area contributed by atoms with Crippen molar-refractivity contribution in [2.75, 3.05) is 23.5 Å². The zero-order chi connectivity index (χ0) is 18.2. The number of hydrogen-bond donors (Lipinski definition) is 2. The summed E-state index contributed by atoms with van der Waals surface area (Å²) in [6, 6.07) is 5.01. The lowest BCUT2D eigenvalue weighted by atomic mass is 10.2. The molecule has 9 heteroatoms. The molecule has 2 rings (SSSR count). The van der Waals surface area contributed by atoms with Crippen LogP contribution in [-0.4, -0.2) is 39.4 Å². The number of allylic oxidation sites excluding steroid dienone is 1. The van der Waals surface area contributed by atoms with Crippen LogP contribution in [0, 0.1) is 0 Å². The predicted molar refractivity (Wildman–Crippen MR) is 96.9 cm³/mol. The summed E-state index contributed by atoms with van der Waals surface area (Å²) in [6.07, 6.45) is 3.31. The molecule has 0 saturated heterocycles. The predicted octanol–water partition coefficient (Wildman–Crippen LogP) is 2.16. The number of nitrogens with zero attached hydrogens (tertiary/aromatic N) is 3. The third-order valence-electron chi connectivity index (χ3n) is 3.03. The summed E-state index contributed by atoms with van der Waals surface area (Å²) >= 11 is 1.27. The van der Waals surface area contributed by atoms with Gasteiger partial charge in [-0.1, -0.05) is 17.8 Å². The minimum Gasteiger partial charge on any atom is -0.495 e. The van der Waals surface area contributed by atoms with Crippen molar-refractivity contribution >= 4 is 35.0 Å². The second kappa shape index (κ2) is 8.88. The summed E-state index contributed by atoms with van der Waals surface area (Å²) in [6.45, 7) is 5.65. The van der Waals surface area contributed by atoms with Gasteiger partial charge in [-0.3, -0.25) is 9.59 Å². The highest BCUT2D eigenvalue weighted by molar-refractivity contribution is 7.99. The molecular weight excluding hydrogens is 342 g/mol. The van der Waals surface area contributed by atoms with Crippen LogP contribution in [0.5, 0.6) is 5.75 Å². The largest absolute Gasteiger partial charge is 0.495 e. The lowest BCUT2D eigenvalue weighted by Crippen LogP contribution is -2.16. The summed E-state index contributed by atoms with van der Waals surface area (Å²) in [5.74, 6) is 0.238. The molecule has 2 aromatic rings. The summed E-state index contributed by atoms with van der Waals surface area (Å²) < 4.78 is 7.03. The first-order valence-corrected chi connectivity index (χ1v) is 8.39. The van der Waals surface area contributed by atoms with Crippen molar-refractivity contribution in [3.05, 3.63) is 37.2 Å². The van der Waals surface area contributed by atoms with E-state index in [1.807, 2.05) is 0 Å². The van der Waals surface area contributed by atoms with Gasteiger partial charge in [-0.25, -0.2) is 0 Å². The van der Waals surface area contributed by atoms with Crippen LogP contribution in [0.25, 0.3) is 0 Å². The highest BCUT2D eigenvalue weighted by atomic mass is 32.2. The topological polar surface area (TPSA) is 98.1 Å². The normalized spacial score (nSPS) is 10.2. The van der Waals surface area contributed by atoms with Crippen LogP contribution in [0.1, 0.15) is 6.92 Å². The molecule has 1 aromatic carbocycles. The van der Waals surface area contributed by atoms with Gasteiger partial charge in [0.05, 0.1) is 18.6 Å². The average molecular weight is 361 g/mol. The second-order valence-electron chi connectivity index (χ2n) is 4.99. The lowest BCUT2D eigenvalue weighted by molar-refractivity contribution is -0.114. The molecule has 132 valence electrons. The number of methoxy groups -OCH3 is 1. The minimum atomic E-state index is -0.226. The quantitative estimate of drug-likeness (QED) is 0.552. The molecular formula is C16H19N5O3S. The van der Waals surface area contributed by atoms with E-state index in [9.17, 15) is 9.59 Å². The molecule has 0 saturated carbocycles. The fraction of sp³-hybridized carbons (Fsp3) is 0.250. The summed E-state index contributed by atoms with van der Waals surface area (Å²) in [5, 5.41) is 13.9. The van der Waals surface area contributed by atoms with E-state index < -0.39 is 0 Å². The Morgan fingerprint density at radius 1 is 1.40 bits per heavy atom. The summed E-state index contributed by atoms with van der Waals surface area (Å²) in [5.41, 5.74) is 1.05. The molecule has 0 aliphatic heterocycles. The van der Waals surface area contributed by atoms with Crippen LogP contribution < -0.4 is 15.4 Å². The van der Waals surface area contributed by atoms with Crippen molar-refractivity contribution in [3.63, 3.8) is 0 Å². The highest BCUT2D eigenvalue weighted by Gasteiger charge is 2.12. The van der Waals surface area contributed by atoms with Gasteiger partial charge in [0.1, 0.15) is 12.1 Å². The minimum absolute atomic E-state index is 0.156. The Balaban J connectivity index is 2.02. The Labute approximate surface area is 149 Å². The van der Waals surface area contributed by atoms with Crippen LogP contribution >= 0.6 is 11.8 Å². The van der Waals surface area contributed by atoms with E-state index in [0.717, 1.165) is 0 Å². The van der Waals surface area contributed by atoms with E-state index in [4.69, 9.17) is 4.74 Å². The first-order valence-electron chi connectivity index (χ1n) is 7.40. The van der Waals surface area contributed by atoms with Crippen molar-refractivity contribution in [1.82, 2.24) is 14.8 Å². The highest BCUT2D eigenvalue weighted by Crippen LogP contribution is 2.28. The third kappa shape index (κ3) is 5.35. The van der Waals surface area contributed by atoms with Crippen molar-refractivity contribution in [2.24, 2.45) is 0 Å². The van der Waals surface area contributed by atoms with E-state index in [1.165, 1.54) is 25.8 Å². The standard InChI is InChI=1S/C16H19N5O3S/c1-4-7-21-10-17-20-16(21)25-9-15(23)19-13-8-12(18-11(2)22)5-6-14(13)24-3/h4-6,8,10H,1,7,9H2,2-3H3,(H,18,22)(H,19,23). The van der Waals surface area contributed by atoms with Crippen LogP contribution in [-0.2, 0) is 16.1 Å². The molecule has 0 bridgehead atoms. The Bertz CT molecular complexity index is 775. The number of amides is 2. The van der Waals surface area contributed by atoms with Crippen LogP contribution in [0.3, 0.4) is 0 Å². The summed E-state index contributed by atoms with van der Waals surface area (Å²) in [7, 11) is 1.51. The number of carbonyl (C=O) groups excluding carboxylic acids is 2. The molecule has 1 heterocycles. The van der Waals surface area contributed by atoms with Gasteiger partial charge in [0.25, 0.3) is 0 Å². The van der Waals surface area contributed by atoms with Gasteiger partial charge in [-0.05, 0) is 18.2 Å². The fourth-order valence-corrected chi connectivity index (χ4v) is 2.75. The number of ether oxygens (including phenoxy) is 1. The average Bonchev–Trinajstić information content (AvgIpc) is 3.00. The SMILES string of the molecule is C=CCn1cnnc1SCC(=O)Nc1cc(NC(C)=O)ccc1OC. The third-order valence-corrected chi connectivity index (χ3v) is 4.01. The van der Waals surface area contributed by atoms with Gasteiger partial charge < -0.3 is 19.9 Å². The number of thioether (sulfide) groups is 1. The number of hydrogen-bond acceptors (Lipinski definition) is 6. The fourth-order valence-electron chi connectivity index (χ4n) is 2.02. The van der Waals surface area contributed by atoms with Gasteiger partial charge in [0, 0.05) is 19.2 Å². The van der Waals surface area contributed by atoms with Gasteiger partial charge >= 0.3 is 0 Å². The van der Waals surface area contributed by atoms with Crippen LogP contribution in [0.2, 0.25) is 0 Å². The summed E-state index contributed by atoms with van der Waals surface area (Å²) in [4.78, 5) is 23.4.